The molecule has 0 spiro atoms. The zero-order valence-corrected chi connectivity index (χ0v) is 9.67. The van der Waals surface area contributed by atoms with Crippen LogP contribution < -0.4 is 10.7 Å². The molecule has 1 aromatic heterocycles. The SMILES string of the molecule is NC(=O)c1ccc2cnn(N3CCCC3=O)c2c1. The van der Waals surface area contributed by atoms with Gasteiger partial charge in [0.1, 0.15) is 0 Å². The van der Waals surface area contributed by atoms with E-state index in [9.17, 15) is 9.59 Å². The van der Waals surface area contributed by atoms with E-state index in [1.165, 1.54) is 0 Å². The molecule has 18 heavy (non-hydrogen) atoms. The van der Waals surface area contributed by atoms with E-state index in [-0.39, 0.29) is 5.91 Å². The average molecular weight is 244 g/mol. The van der Waals surface area contributed by atoms with Crippen molar-refractivity contribution >= 4 is 22.7 Å². The number of fused-ring (bicyclic) bond motifs is 1. The van der Waals surface area contributed by atoms with Crippen LogP contribution in [0.5, 0.6) is 0 Å². The lowest BCUT2D eigenvalue weighted by Crippen LogP contribution is -2.36. The standard InChI is InChI=1S/C12H12N4O2/c13-12(18)8-3-4-9-7-14-16(10(9)6-8)15-5-1-2-11(15)17/h3-4,6-7H,1-2,5H2,(H2,13,18). The van der Waals surface area contributed by atoms with Gasteiger partial charge in [0.2, 0.25) is 11.8 Å². The molecule has 1 aliphatic heterocycles. The Morgan fingerprint density at radius 3 is 2.89 bits per heavy atom. The Balaban J connectivity index is 2.14. The van der Waals surface area contributed by atoms with Crippen molar-refractivity contribution in [2.45, 2.75) is 12.8 Å². The van der Waals surface area contributed by atoms with E-state index in [2.05, 4.69) is 5.10 Å². The van der Waals surface area contributed by atoms with Crippen LogP contribution in [0.15, 0.2) is 24.4 Å². The van der Waals surface area contributed by atoms with E-state index >= 15 is 0 Å². The molecule has 1 saturated heterocycles. The topological polar surface area (TPSA) is 81.2 Å². The van der Waals surface area contributed by atoms with Gasteiger partial charge in [0.05, 0.1) is 11.7 Å². The number of carbonyl (C=O) groups excluding carboxylic acids is 2. The second kappa shape index (κ2) is 3.83. The third-order valence-corrected chi connectivity index (χ3v) is 3.11. The number of hydrogen-bond acceptors (Lipinski definition) is 3. The van der Waals surface area contributed by atoms with E-state index in [4.69, 9.17) is 5.73 Å². The molecule has 0 aliphatic carbocycles. The number of nitrogens with two attached hydrogens (primary N) is 1. The normalized spacial score (nSPS) is 15.6. The molecular weight excluding hydrogens is 232 g/mol. The summed E-state index contributed by atoms with van der Waals surface area (Å²) < 4.78 is 0. The van der Waals surface area contributed by atoms with Crippen molar-refractivity contribution in [3.63, 3.8) is 0 Å². The largest absolute Gasteiger partial charge is 0.366 e. The predicted octanol–water partition coefficient (Wildman–Crippen LogP) is 0.394. The summed E-state index contributed by atoms with van der Waals surface area (Å²) in [4.78, 5) is 24.4. The summed E-state index contributed by atoms with van der Waals surface area (Å²) in [6, 6.07) is 5.10. The molecule has 1 aliphatic rings. The number of amides is 2. The van der Waals surface area contributed by atoms with Crippen molar-refractivity contribution in [3.8, 4) is 0 Å². The third-order valence-electron chi connectivity index (χ3n) is 3.11. The highest BCUT2D eigenvalue weighted by Gasteiger charge is 2.23. The van der Waals surface area contributed by atoms with Gasteiger partial charge in [-0.05, 0) is 18.6 Å². The van der Waals surface area contributed by atoms with Gasteiger partial charge in [-0.1, -0.05) is 6.07 Å². The summed E-state index contributed by atoms with van der Waals surface area (Å²) >= 11 is 0. The minimum Gasteiger partial charge on any atom is -0.366 e. The maximum Gasteiger partial charge on any atom is 0.248 e. The van der Waals surface area contributed by atoms with Gasteiger partial charge in [-0.2, -0.15) is 9.89 Å². The molecule has 2 amide bonds. The van der Waals surface area contributed by atoms with E-state index in [1.807, 2.05) is 0 Å². The fraction of sp³-hybridized carbons (Fsp3) is 0.250. The number of carbonyl (C=O) groups is 2. The first-order chi connectivity index (χ1) is 8.66. The van der Waals surface area contributed by atoms with Crippen LogP contribution in [-0.2, 0) is 4.79 Å². The van der Waals surface area contributed by atoms with Gasteiger partial charge < -0.3 is 5.73 Å². The summed E-state index contributed by atoms with van der Waals surface area (Å²) in [5.74, 6) is -0.443. The highest BCUT2D eigenvalue weighted by atomic mass is 16.2. The van der Waals surface area contributed by atoms with Gasteiger partial charge in [0, 0.05) is 23.9 Å². The Bertz CT molecular complexity index is 647. The van der Waals surface area contributed by atoms with Gasteiger partial charge >= 0.3 is 0 Å². The molecule has 2 N–H and O–H groups in total. The maximum atomic E-state index is 11.7. The quantitative estimate of drug-likeness (QED) is 0.829. The smallest absolute Gasteiger partial charge is 0.248 e. The molecule has 0 bridgehead atoms. The predicted molar refractivity (Wildman–Crippen MR) is 65.6 cm³/mol. The van der Waals surface area contributed by atoms with Crippen LogP contribution in [0, 0.1) is 0 Å². The van der Waals surface area contributed by atoms with Crippen LogP contribution in [0.3, 0.4) is 0 Å². The minimum atomic E-state index is -0.489. The lowest BCUT2D eigenvalue weighted by Gasteiger charge is -2.16. The molecule has 0 saturated carbocycles. The molecule has 1 aromatic carbocycles. The van der Waals surface area contributed by atoms with Crippen LogP contribution in [0.4, 0.5) is 0 Å². The van der Waals surface area contributed by atoms with Gasteiger partial charge in [-0.3, -0.25) is 9.59 Å². The molecule has 2 aromatic rings. The molecule has 0 atom stereocenters. The lowest BCUT2D eigenvalue weighted by atomic mass is 10.1. The summed E-state index contributed by atoms with van der Waals surface area (Å²) in [6.45, 7) is 0.649. The highest BCUT2D eigenvalue weighted by Crippen LogP contribution is 2.18. The monoisotopic (exact) mass is 244 g/mol. The summed E-state index contributed by atoms with van der Waals surface area (Å²) in [5, 5.41) is 6.66. The molecule has 6 heteroatoms. The first-order valence-corrected chi connectivity index (χ1v) is 5.75. The third kappa shape index (κ3) is 1.54. The Morgan fingerprint density at radius 2 is 2.22 bits per heavy atom. The van der Waals surface area contributed by atoms with Gasteiger partial charge in [0.25, 0.3) is 0 Å². The van der Waals surface area contributed by atoms with Crippen LogP contribution in [0.2, 0.25) is 0 Å². The van der Waals surface area contributed by atoms with Gasteiger partial charge in [-0.15, -0.1) is 0 Å². The minimum absolute atomic E-state index is 0.0458. The number of benzene rings is 1. The van der Waals surface area contributed by atoms with Gasteiger partial charge in [-0.25, -0.2) is 5.01 Å². The highest BCUT2D eigenvalue weighted by molar-refractivity contribution is 5.97. The number of primary amides is 1. The zero-order valence-electron chi connectivity index (χ0n) is 9.67. The molecule has 6 nitrogen and oxygen atoms in total. The van der Waals surface area contributed by atoms with Crippen LogP contribution >= 0.6 is 0 Å². The van der Waals surface area contributed by atoms with Crippen LogP contribution in [0.1, 0.15) is 23.2 Å². The molecule has 2 heterocycles. The molecule has 3 rings (SSSR count). The van der Waals surface area contributed by atoms with Crippen LogP contribution in [-0.4, -0.2) is 28.2 Å². The number of rotatable bonds is 2. The molecule has 0 unspecified atom stereocenters. The molecule has 0 radical (unpaired) electrons. The van der Waals surface area contributed by atoms with Crippen molar-refractivity contribution < 1.29 is 9.59 Å². The number of nitrogens with zero attached hydrogens (tertiary/aromatic N) is 3. The lowest BCUT2D eigenvalue weighted by molar-refractivity contribution is -0.118. The Hall–Kier alpha value is -2.37. The summed E-state index contributed by atoms with van der Waals surface area (Å²) in [5.41, 5.74) is 6.39. The first-order valence-electron chi connectivity index (χ1n) is 5.75. The maximum absolute atomic E-state index is 11.7. The first kappa shape index (κ1) is 10.8. The van der Waals surface area contributed by atoms with E-state index < -0.39 is 5.91 Å². The van der Waals surface area contributed by atoms with Gasteiger partial charge in [0.15, 0.2) is 0 Å². The second-order valence-corrected chi connectivity index (χ2v) is 4.29. The summed E-state index contributed by atoms with van der Waals surface area (Å²) in [7, 11) is 0. The fourth-order valence-corrected chi connectivity index (χ4v) is 2.18. The average Bonchev–Trinajstić information content (AvgIpc) is 2.93. The second-order valence-electron chi connectivity index (χ2n) is 4.29. The van der Waals surface area contributed by atoms with Crippen LogP contribution in [0.25, 0.3) is 10.9 Å². The Kier molecular flexibility index (Phi) is 2.29. The fourth-order valence-electron chi connectivity index (χ4n) is 2.18. The molecule has 92 valence electrons. The van der Waals surface area contributed by atoms with E-state index in [0.29, 0.717) is 18.5 Å². The van der Waals surface area contributed by atoms with Crippen molar-refractivity contribution in [3.05, 3.63) is 30.0 Å². The Morgan fingerprint density at radius 1 is 1.39 bits per heavy atom. The van der Waals surface area contributed by atoms with E-state index in [0.717, 1.165) is 17.3 Å². The van der Waals surface area contributed by atoms with Crippen molar-refractivity contribution in [2.24, 2.45) is 5.73 Å². The van der Waals surface area contributed by atoms with Crippen molar-refractivity contribution in [1.82, 2.24) is 9.89 Å². The molecule has 1 fully saturated rings. The van der Waals surface area contributed by atoms with Crippen molar-refractivity contribution in [1.29, 1.82) is 0 Å². The number of aromatic nitrogens is 2. The summed E-state index contributed by atoms with van der Waals surface area (Å²) in [6.07, 6.45) is 3.04. The number of hydrogen-bond donors (Lipinski definition) is 1. The Labute approximate surface area is 103 Å². The van der Waals surface area contributed by atoms with E-state index in [1.54, 1.807) is 34.2 Å². The van der Waals surface area contributed by atoms with Crippen molar-refractivity contribution in [2.75, 3.05) is 11.6 Å². The molecular formula is C12H12N4O2. The zero-order chi connectivity index (χ0) is 12.7.